The van der Waals surface area contributed by atoms with E-state index in [0.717, 1.165) is 24.0 Å². The van der Waals surface area contributed by atoms with E-state index >= 15 is 0 Å². The zero-order valence-corrected chi connectivity index (χ0v) is 13.1. The summed E-state index contributed by atoms with van der Waals surface area (Å²) in [7, 11) is 0. The van der Waals surface area contributed by atoms with E-state index in [9.17, 15) is 4.79 Å². The van der Waals surface area contributed by atoms with Gasteiger partial charge in [0.25, 0.3) is 5.91 Å². The van der Waals surface area contributed by atoms with Crippen LogP contribution >= 0.6 is 15.9 Å². The van der Waals surface area contributed by atoms with E-state index in [2.05, 4.69) is 33.8 Å². The summed E-state index contributed by atoms with van der Waals surface area (Å²) in [5, 5.41) is 0. The highest BCUT2D eigenvalue weighted by Crippen LogP contribution is 2.39. The van der Waals surface area contributed by atoms with E-state index in [-0.39, 0.29) is 5.91 Å². The van der Waals surface area contributed by atoms with Crippen molar-refractivity contribution in [2.24, 2.45) is 0 Å². The molecule has 102 valence electrons. The number of fused-ring (bicyclic) bond motifs is 2. The van der Waals surface area contributed by atoms with Gasteiger partial charge in [0.15, 0.2) is 0 Å². The maximum Gasteiger partial charge on any atom is 0.254 e. The van der Waals surface area contributed by atoms with Crippen LogP contribution < -0.4 is 0 Å². The second kappa shape index (κ2) is 4.93. The molecule has 2 fully saturated rings. The molecule has 3 rings (SSSR count). The van der Waals surface area contributed by atoms with Crippen molar-refractivity contribution in [3.05, 3.63) is 34.9 Å². The molecule has 2 saturated heterocycles. The molecule has 2 unspecified atom stereocenters. The van der Waals surface area contributed by atoms with Gasteiger partial charge in [-0.15, -0.1) is 0 Å². The summed E-state index contributed by atoms with van der Waals surface area (Å²) in [4.78, 5) is 15.6. The smallest absolute Gasteiger partial charge is 0.254 e. The number of hydrogen-bond donors (Lipinski definition) is 0. The largest absolute Gasteiger partial charge is 0.333 e. The minimum Gasteiger partial charge on any atom is -0.333 e. The summed E-state index contributed by atoms with van der Waals surface area (Å²) < 4.78 is 0. The lowest BCUT2D eigenvalue weighted by Gasteiger charge is -2.37. The molecule has 0 saturated carbocycles. The Labute approximate surface area is 123 Å². The number of aryl methyl sites for hydroxylation is 2. The van der Waals surface area contributed by atoms with Crippen LogP contribution in [0.1, 0.15) is 47.2 Å². The van der Waals surface area contributed by atoms with Crippen molar-refractivity contribution in [2.75, 3.05) is 0 Å². The molecule has 1 aromatic carbocycles. The molecule has 2 bridgehead atoms. The van der Waals surface area contributed by atoms with Crippen molar-refractivity contribution in [1.82, 2.24) is 4.90 Å². The van der Waals surface area contributed by atoms with Crippen molar-refractivity contribution in [3.63, 3.8) is 0 Å². The Morgan fingerprint density at radius 2 is 1.84 bits per heavy atom. The number of hydrogen-bond acceptors (Lipinski definition) is 1. The lowest BCUT2D eigenvalue weighted by molar-refractivity contribution is 0.0603. The number of benzene rings is 1. The van der Waals surface area contributed by atoms with Crippen LogP contribution in [-0.4, -0.2) is 27.7 Å². The van der Waals surface area contributed by atoms with Crippen LogP contribution in [0, 0.1) is 13.8 Å². The quantitative estimate of drug-likeness (QED) is 0.720. The minimum absolute atomic E-state index is 0.240. The molecule has 2 aliphatic heterocycles. The Hall–Kier alpha value is -0.830. The van der Waals surface area contributed by atoms with Gasteiger partial charge in [0.05, 0.1) is 0 Å². The molecule has 2 atom stereocenters. The van der Waals surface area contributed by atoms with Gasteiger partial charge in [-0.2, -0.15) is 0 Å². The first kappa shape index (κ1) is 13.2. The second-order valence-electron chi connectivity index (χ2n) is 5.98. The predicted molar refractivity (Wildman–Crippen MR) is 80.8 cm³/mol. The van der Waals surface area contributed by atoms with Crippen LogP contribution in [-0.2, 0) is 0 Å². The monoisotopic (exact) mass is 321 g/mol. The van der Waals surface area contributed by atoms with Crippen LogP contribution in [0.5, 0.6) is 0 Å². The predicted octanol–water partition coefficient (Wildman–Crippen LogP) is 3.83. The van der Waals surface area contributed by atoms with Crippen molar-refractivity contribution in [1.29, 1.82) is 0 Å². The summed E-state index contributed by atoms with van der Waals surface area (Å²) in [6.07, 6.45) is 4.55. The summed E-state index contributed by atoms with van der Waals surface area (Å²) in [5.41, 5.74) is 3.21. The first-order valence-corrected chi connectivity index (χ1v) is 8.02. The van der Waals surface area contributed by atoms with Crippen LogP contribution in [0.2, 0.25) is 0 Å². The van der Waals surface area contributed by atoms with Gasteiger partial charge in [-0.25, -0.2) is 0 Å². The van der Waals surface area contributed by atoms with Gasteiger partial charge in [0.2, 0.25) is 0 Å². The normalized spacial score (nSPS) is 29.6. The number of piperidine rings is 1. The van der Waals surface area contributed by atoms with E-state index in [1.54, 1.807) is 0 Å². The Morgan fingerprint density at radius 3 is 2.42 bits per heavy atom. The Morgan fingerprint density at radius 1 is 1.21 bits per heavy atom. The first-order valence-electron chi connectivity index (χ1n) is 7.10. The maximum atomic E-state index is 12.8. The molecular weight excluding hydrogens is 302 g/mol. The molecule has 0 N–H and O–H groups in total. The minimum atomic E-state index is 0.240. The highest BCUT2D eigenvalue weighted by molar-refractivity contribution is 9.09. The van der Waals surface area contributed by atoms with Gasteiger partial charge in [0, 0.05) is 22.5 Å². The number of alkyl halides is 1. The Balaban J connectivity index is 1.88. The molecule has 0 radical (unpaired) electrons. The molecule has 2 heterocycles. The van der Waals surface area contributed by atoms with E-state index in [4.69, 9.17) is 0 Å². The summed E-state index contributed by atoms with van der Waals surface area (Å²) in [5.74, 6) is 0.240. The van der Waals surface area contributed by atoms with E-state index in [1.807, 2.05) is 19.1 Å². The third-order valence-corrected chi connectivity index (χ3v) is 5.27. The van der Waals surface area contributed by atoms with Gasteiger partial charge >= 0.3 is 0 Å². The second-order valence-corrected chi connectivity index (χ2v) is 7.28. The van der Waals surface area contributed by atoms with Crippen molar-refractivity contribution in [2.45, 2.75) is 56.4 Å². The average Bonchev–Trinajstić information content (AvgIpc) is 2.61. The molecule has 0 spiro atoms. The number of nitrogens with zero attached hydrogens (tertiary/aromatic N) is 1. The van der Waals surface area contributed by atoms with Crippen LogP contribution in [0.25, 0.3) is 0 Å². The lowest BCUT2D eigenvalue weighted by Crippen LogP contribution is -2.47. The fraction of sp³-hybridized carbons (Fsp3) is 0.562. The molecule has 3 heteroatoms. The van der Waals surface area contributed by atoms with Crippen LogP contribution in [0.3, 0.4) is 0 Å². The number of carbonyl (C=O) groups is 1. The van der Waals surface area contributed by atoms with Crippen LogP contribution in [0.15, 0.2) is 18.2 Å². The average molecular weight is 322 g/mol. The third-order valence-electron chi connectivity index (χ3n) is 4.52. The van der Waals surface area contributed by atoms with Crippen molar-refractivity contribution in [3.8, 4) is 0 Å². The van der Waals surface area contributed by atoms with Gasteiger partial charge in [-0.1, -0.05) is 33.6 Å². The number of amides is 1. The molecule has 2 nitrogen and oxygen atoms in total. The zero-order chi connectivity index (χ0) is 13.6. The topological polar surface area (TPSA) is 20.3 Å². The molecule has 0 aliphatic carbocycles. The van der Waals surface area contributed by atoms with Gasteiger partial charge < -0.3 is 4.90 Å². The SMILES string of the molecule is Cc1ccc(C(=O)N2C3CCC2CC(Br)C3)c(C)c1. The van der Waals surface area contributed by atoms with E-state index < -0.39 is 0 Å². The molecular formula is C16H20BrNO. The lowest BCUT2D eigenvalue weighted by atomic mass is 9.99. The number of halogens is 1. The molecule has 19 heavy (non-hydrogen) atoms. The Kier molecular flexibility index (Phi) is 3.42. The first-order chi connectivity index (χ1) is 9.06. The molecule has 1 amide bonds. The standard InChI is InChI=1S/C16H20BrNO/c1-10-3-6-15(11(2)7-10)16(19)18-13-4-5-14(18)9-12(17)8-13/h3,6-7,12-14H,4-5,8-9H2,1-2H3. The molecule has 1 aromatic rings. The van der Waals surface area contributed by atoms with Gasteiger partial charge in [0.1, 0.15) is 0 Å². The highest BCUT2D eigenvalue weighted by Gasteiger charge is 2.42. The van der Waals surface area contributed by atoms with E-state index in [1.165, 1.54) is 18.4 Å². The fourth-order valence-corrected chi connectivity index (χ4v) is 4.50. The van der Waals surface area contributed by atoms with Gasteiger partial charge in [-0.05, 0) is 51.2 Å². The van der Waals surface area contributed by atoms with E-state index in [0.29, 0.717) is 16.9 Å². The molecule has 0 aromatic heterocycles. The zero-order valence-electron chi connectivity index (χ0n) is 11.5. The maximum absolute atomic E-state index is 12.8. The third kappa shape index (κ3) is 2.33. The Bertz CT molecular complexity index is 499. The molecule has 2 aliphatic rings. The highest BCUT2D eigenvalue weighted by atomic mass is 79.9. The fourth-order valence-electron chi connectivity index (χ4n) is 3.63. The number of rotatable bonds is 1. The summed E-state index contributed by atoms with van der Waals surface area (Å²) >= 11 is 3.73. The number of carbonyl (C=O) groups excluding carboxylic acids is 1. The summed E-state index contributed by atoms with van der Waals surface area (Å²) in [6.45, 7) is 4.11. The van der Waals surface area contributed by atoms with Gasteiger partial charge in [-0.3, -0.25) is 4.79 Å². The van der Waals surface area contributed by atoms with Crippen LogP contribution in [0.4, 0.5) is 0 Å². The van der Waals surface area contributed by atoms with Crippen molar-refractivity contribution >= 4 is 21.8 Å². The summed E-state index contributed by atoms with van der Waals surface area (Å²) in [6, 6.07) is 7.02. The van der Waals surface area contributed by atoms with Crippen molar-refractivity contribution < 1.29 is 4.79 Å².